The Morgan fingerprint density at radius 1 is 1.40 bits per heavy atom. The number of rotatable bonds is 6. The number of methoxy groups -OCH3 is 1. The first kappa shape index (κ1) is 14.5. The first-order chi connectivity index (χ1) is 9.63. The molecule has 0 aromatic carbocycles. The highest BCUT2D eigenvalue weighted by molar-refractivity contribution is 7.09. The summed E-state index contributed by atoms with van der Waals surface area (Å²) in [4.78, 5) is 15.9. The molecule has 2 aromatic rings. The van der Waals surface area contributed by atoms with Crippen LogP contribution in [0.25, 0.3) is 0 Å². The Morgan fingerprint density at radius 3 is 2.75 bits per heavy atom. The molecule has 20 heavy (non-hydrogen) atoms. The average molecular weight is 294 g/mol. The maximum Gasteiger partial charge on any atom is 0.322 e. The molecular weight excluding hydrogens is 276 g/mol. The number of nitrogens with two attached hydrogens (primary N) is 1. The van der Waals surface area contributed by atoms with Crippen LogP contribution in [0.2, 0.25) is 0 Å². The van der Waals surface area contributed by atoms with Crippen LogP contribution in [0.4, 0.5) is 11.9 Å². The van der Waals surface area contributed by atoms with E-state index in [0.717, 1.165) is 6.54 Å². The lowest BCUT2D eigenvalue weighted by atomic mass is 10.3. The molecule has 2 aromatic heterocycles. The van der Waals surface area contributed by atoms with Gasteiger partial charge in [-0.3, -0.25) is 5.43 Å². The highest BCUT2D eigenvalue weighted by Gasteiger charge is 2.17. The topological polar surface area (TPSA) is 89.2 Å². The zero-order valence-corrected chi connectivity index (χ0v) is 12.5. The van der Waals surface area contributed by atoms with Gasteiger partial charge in [-0.1, -0.05) is 6.07 Å². The molecule has 8 heteroatoms. The fourth-order valence-electron chi connectivity index (χ4n) is 1.68. The maximum absolute atomic E-state index is 5.38. The Hall–Kier alpha value is -1.93. The molecule has 0 atom stereocenters. The van der Waals surface area contributed by atoms with Gasteiger partial charge in [0.2, 0.25) is 11.9 Å². The van der Waals surface area contributed by atoms with E-state index in [1.54, 1.807) is 11.3 Å². The van der Waals surface area contributed by atoms with Crippen molar-refractivity contribution in [2.75, 3.05) is 17.4 Å². The number of thiophene rings is 1. The molecule has 3 N–H and O–H groups in total. The Labute approximate surface area is 121 Å². The number of hydrazine groups is 1. The predicted octanol–water partition coefficient (Wildman–Crippen LogP) is 1.64. The summed E-state index contributed by atoms with van der Waals surface area (Å²) >= 11 is 1.70. The van der Waals surface area contributed by atoms with Gasteiger partial charge in [0.25, 0.3) is 0 Å². The van der Waals surface area contributed by atoms with E-state index in [4.69, 9.17) is 10.6 Å². The largest absolute Gasteiger partial charge is 0.467 e. The highest BCUT2D eigenvalue weighted by atomic mass is 32.1. The molecule has 0 radical (unpaired) electrons. The van der Waals surface area contributed by atoms with Crippen LogP contribution in [0.3, 0.4) is 0 Å². The number of aromatic nitrogens is 3. The van der Waals surface area contributed by atoms with Crippen molar-refractivity contribution >= 4 is 23.2 Å². The summed E-state index contributed by atoms with van der Waals surface area (Å²) in [6.45, 7) is 4.89. The molecule has 0 aliphatic heterocycles. The van der Waals surface area contributed by atoms with E-state index in [1.807, 2.05) is 6.07 Å². The van der Waals surface area contributed by atoms with Gasteiger partial charge in [0, 0.05) is 10.9 Å². The fraction of sp³-hybridized carbons (Fsp3) is 0.417. The standard InChI is InChI=1S/C12H18N6OS/c1-8(2)18(7-9-5-4-6-20-9)11-14-10(17-13)15-12(16-11)19-3/h4-6,8H,7,13H2,1-3H3,(H,14,15,16,17). The number of nitrogens with zero attached hydrogens (tertiary/aromatic N) is 4. The Balaban J connectivity index is 2.33. The minimum atomic E-state index is 0.231. The van der Waals surface area contributed by atoms with Crippen molar-refractivity contribution in [3.05, 3.63) is 22.4 Å². The number of ether oxygens (including phenoxy) is 1. The average Bonchev–Trinajstić information content (AvgIpc) is 2.96. The van der Waals surface area contributed by atoms with Gasteiger partial charge in [0.15, 0.2) is 0 Å². The quantitative estimate of drug-likeness (QED) is 0.618. The van der Waals surface area contributed by atoms with Gasteiger partial charge in [-0.25, -0.2) is 5.84 Å². The molecule has 0 saturated heterocycles. The van der Waals surface area contributed by atoms with Crippen LogP contribution in [-0.2, 0) is 6.54 Å². The molecule has 108 valence electrons. The van der Waals surface area contributed by atoms with Crippen LogP contribution in [0.1, 0.15) is 18.7 Å². The van der Waals surface area contributed by atoms with E-state index >= 15 is 0 Å². The minimum Gasteiger partial charge on any atom is -0.467 e. The lowest BCUT2D eigenvalue weighted by Gasteiger charge is -2.26. The van der Waals surface area contributed by atoms with E-state index in [9.17, 15) is 0 Å². The third-order valence-corrected chi connectivity index (χ3v) is 3.56. The smallest absolute Gasteiger partial charge is 0.322 e. The van der Waals surface area contributed by atoms with Crippen molar-refractivity contribution in [3.63, 3.8) is 0 Å². The Bertz CT molecular complexity index is 523. The van der Waals surface area contributed by atoms with Gasteiger partial charge < -0.3 is 9.64 Å². The molecule has 2 rings (SSSR count). The van der Waals surface area contributed by atoms with Crippen LogP contribution < -0.4 is 20.9 Å². The zero-order chi connectivity index (χ0) is 14.5. The monoisotopic (exact) mass is 294 g/mol. The SMILES string of the molecule is COc1nc(NN)nc(N(Cc2cccs2)C(C)C)n1. The highest BCUT2D eigenvalue weighted by Crippen LogP contribution is 2.21. The molecule has 2 heterocycles. The summed E-state index contributed by atoms with van der Waals surface area (Å²) < 4.78 is 5.08. The van der Waals surface area contributed by atoms with Gasteiger partial charge in [-0.2, -0.15) is 15.0 Å². The van der Waals surface area contributed by atoms with Crippen molar-refractivity contribution in [1.82, 2.24) is 15.0 Å². The number of hydrogen-bond acceptors (Lipinski definition) is 8. The second kappa shape index (κ2) is 6.49. The summed E-state index contributed by atoms with van der Waals surface area (Å²) in [6, 6.07) is 4.58. The summed E-state index contributed by atoms with van der Waals surface area (Å²) in [5.74, 6) is 6.20. The van der Waals surface area contributed by atoms with Gasteiger partial charge in [0.05, 0.1) is 13.7 Å². The first-order valence-corrected chi connectivity index (χ1v) is 7.07. The second-order valence-corrected chi connectivity index (χ2v) is 5.42. The molecule has 0 fully saturated rings. The lowest BCUT2D eigenvalue weighted by Crippen LogP contribution is -2.32. The Kier molecular flexibility index (Phi) is 4.70. The van der Waals surface area contributed by atoms with Crippen molar-refractivity contribution in [1.29, 1.82) is 0 Å². The van der Waals surface area contributed by atoms with E-state index in [0.29, 0.717) is 5.95 Å². The van der Waals surface area contributed by atoms with Gasteiger partial charge in [-0.05, 0) is 25.3 Å². The molecule has 0 amide bonds. The van der Waals surface area contributed by atoms with Gasteiger partial charge in [0.1, 0.15) is 0 Å². The van der Waals surface area contributed by atoms with Crippen LogP contribution in [0.15, 0.2) is 17.5 Å². The summed E-state index contributed by atoms with van der Waals surface area (Å²) in [5, 5.41) is 2.05. The van der Waals surface area contributed by atoms with Crippen LogP contribution in [-0.4, -0.2) is 28.1 Å². The van der Waals surface area contributed by atoms with Crippen LogP contribution in [0, 0.1) is 0 Å². The third kappa shape index (κ3) is 3.34. The molecule has 0 aliphatic rings. The maximum atomic E-state index is 5.38. The molecule has 0 unspecified atom stereocenters. The molecule has 7 nitrogen and oxygen atoms in total. The molecule has 0 bridgehead atoms. The van der Waals surface area contributed by atoms with E-state index in [-0.39, 0.29) is 18.0 Å². The normalized spacial score (nSPS) is 10.7. The summed E-state index contributed by atoms with van der Waals surface area (Å²) in [5.41, 5.74) is 2.43. The molecule has 0 saturated carbocycles. The minimum absolute atomic E-state index is 0.231. The van der Waals surface area contributed by atoms with Crippen molar-refractivity contribution in [2.24, 2.45) is 5.84 Å². The molecular formula is C12H18N6OS. The van der Waals surface area contributed by atoms with E-state index in [2.05, 4.69) is 50.6 Å². The van der Waals surface area contributed by atoms with Crippen LogP contribution >= 0.6 is 11.3 Å². The zero-order valence-electron chi connectivity index (χ0n) is 11.7. The van der Waals surface area contributed by atoms with Crippen molar-refractivity contribution in [3.8, 4) is 6.01 Å². The number of anilines is 2. The fourth-order valence-corrected chi connectivity index (χ4v) is 2.39. The molecule has 0 spiro atoms. The van der Waals surface area contributed by atoms with Crippen molar-refractivity contribution in [2.45, 2.75) is 26.4 Å². The number of hydrogen-bond donors (Lipinski definition) is 2. The predicted molar refractivity (Wildman–Crippen MR) is 79.8 cm³/mol. The van der Waals surface area contributed by atoms with Crippen LogP contribution in [0.5, 0.6) is 6.01 Å². The van der Waals surface area contributed by atoms with Crippen molar-refractivity contribution < 1.29 is 4.74 Å². The number of nitrogen functional groups attached to an aromatic ring is 1. The number of nitrogens with one attached hydrogen (secondary N) is 1. The molecule has 0 aliphatic carbocycles. The van der Waals surface area contributed by atoms with Gasteiger partial charge in [-0.15, -0.1) is 11.3 Å². The summed E-state index contributed by atoms with van der Waals surface area (Å²) in [6.07, 6.45) is 0. The Morgan fingerprint density at radius 2 is 2.20 bits per heavy atom. The lowest BCUT2D eigenvalue weighted by molar-refractivity contribution is 0.378. The van der Waals surface area contributed by atoms with E-state index in [1.165, 1.54) is 12.0 Å². The van der Waals surface area contributed by atoms with Gasteiger partial charge >= 0.3 is 6.01 Å². The van der Waals surface area contributed by atoms with E-state index < -0.39 is 0 Å². The third-order valence-electron chi connectivity index (χ3n) is 2.70. The first-order valence-electron chi connectivity index (χ1n) is 6.19. The summed E-state index contributed by atoms with van der Waals surface area (Å²) in [7, 11) is 1.51. The second-order valence-electron chi connectivity index (χ2n) is 4.39.